The summed E-state index contributed by atoms with van der Waals surface area (Å²) in [7, 11) is 0. The van der Waals surface area contributed by atoms with Crippen molar-refractivity contribution in [2.24, 2.45) is 11.8 Å². The van der Waals surface area contributed by atoms with Gasteiger partial charge >= 0.3 is 0 Å². The van der Waals surface area contributed by atoms with Crippen LogP contribution in [0.25, 0.3) is 0 Å². The zero-order valence-electron chi connectivity index (χ0n) is 10.8. The van der Waals surface area contributed by atoms with Gasteiger partial charge in [0.25, 0.3) is 0 Å². The highest BCUT2D eigenvalue weighted by atomic mass is 35.5. The molecule has 0 nitrogen and oxygen atoms in total. The Bertz CT molecular complexity index is 320. The van der Waals surface area contributed by atoms with Crippen LogP contribution < -0.4 is 0 Å². The molecule has 0 aromatic heterocycles. The maximum atomic E-state index is 6.17. The highest BCUT2D eigenvalue weighted by Gasteiger charge is 2.10. The van der Waals surface area contributed by atoms with Crippen molar-refractivity contribution >= 4 is 23.2 Å². The summed E-state index contributed by atoms with van der Waals surface area (Å²) in [5, 5.41) is 0.867. The number of hydrogen-bond donors (Lipinski definition) is 0. The molecule has 0 bridgehead atoms. The largest absolute Gasteiger partial charge is 0.126 e. The van der Waals surface area contributed by atoms with E-state index in [1.54, 1.807) is 0 Å². The topological polar surface area (TPSA) is 0 Å². The average Bonchev–Trinajstić information content (AvgIpc) is 2.30. The Morgan fingerprint density at radius 3 is 2.41 bits per heavy atom. The lowest BCUT2D eigenvalue weighted by Gasteiger charge is -2.15. The molecule has 1 rings (SSSR count). The Kier molecular flexibility index (Phi) is 6.99. The highest BCUT2D eigenvalue weighted by Crippen LogP contribution is 2.23. The zero-order valence-corrected chi connectivity index (χ0v) is 12.3. The van der Waals surface area contributed by atoms with Crippen molar-refractivity contribution in [2.45, 2.75) is 39.5 Å². The fraction of sp³-hybridized carbons (Fsp3) is 0.600. The molecule has 1 aromatic rings. The lowest BCUT2D eigenvalue weighted by atomic mass is 9.94. The molecule has 17 heavy (non-hydrogen) atoms. The summed E-state index contributed by atoms with van der Waals surface area (Å²) in [4.78, 5) is 0. The molecule has 0 saturated heterocycles. The zero-order chi connectivity index (χ0) is 12.7. The van der Waals surface area contributed by atoms with Gasteiger partial charge in [0.15, 0.2) is 0 Å². The Morgan fingerprint density at radius 1 is 1.12 bits per heavy atom. The second kappa shape index (κ2) is 8.00. The van der Waals surface area contributed by atoms with Gasteiger partial charge in [0.2, 0.25) is 0 Å². The molecule has 96 valence electrons. The minimum atomic E-state index is 0.551. The van der Waals surface area contributed by atoms with E-state index in [9.17, 15) is 0 Å². The third-order valence-electron chi connectivity index (χ3n) is 3.08. The standard InChI is InChI=1S/C15H22Cl2/c1-12(2)6-5-7-13(11-16)10-14-8-3-4-9-15(14)17/h3-4,8-9,12-13H,5-7,10-11H2,1-2H3. The van der Waals surface area contributed by atoms with E-state index in [1.807, 2.05) is 18.2 Å². The second-order valence-corrected chi connectivity index (χ2v) is 5.86. The normalized spacial score (nSPS) is 13.0. The van der Waals surface area contributed by atoms with E-state index in [2.05, 4.69) is 19.9 Å². The van der Waals surface area contributed by atoms with Crippen LogP contribution in [-0.4, -0.2) is 5.88 Å². The molecule has 1 unspecified atom stereocenters. The minimum Gasteiger partial charge on any atom is -0.126 e. The van der Waals surface area contributed by atoms with Crippen LogP contribution in [0.15, 0.2) is 24.3 Å². The fourth-order valence-electron chi connectivity index (χ4n) is 2.02. The van der Waals surface area contributed by atoms with Gasteiger partial charge in [0.1, 0.15) is 0 Å². The molecule has 1 atom stereocenters. The predicted molar refractivity (Wildman–Crippen MR) is 78.1 cm³/mol. The van der Waals surface area contributed by atoms with Crippen LogP contribution in [0.4, 0.5) is 0 Å². The monoisotopic (exact) mass is 272 g/mol. The van der Waals surface area contributed by atoms with E-state index in [0.717, 1.165) is 23.2 Å². The number of hydrogen-bond acceptors (Lipinski definition) is 0. The first-order valence-corrected chi connectivity index (χ1v) is 7.34. The highest BCUT2D eigenvalue weighted by molar-refractivity contribution is 6.31. The molecule has 0 saturated carbocycles. The lowest BCUT2D eigenvalue weighted by Crippen LogP contribution is -2.07. The molecule has 0 fully saturated rings. The van der Waals surface area contributed by atoms with E-state index < -0.39 is 0 Å². The number of alkyl halides is 1. The summed E-state index contributed by atoms with van der Waals surface area (Å²) in [6.07, 6.45) is 4.75. The first-order chi connectivity index (χ1) is 8.13. The first-order valence-electron chi connectivity index (χ1n) is 6.42. The number of rotatable bonds is 7. The molecule has 0 aliphatic rings. The SMILES string of the molecule is CC(C)CCCC(CCl)Cc1ccccc1Cl. The van der Waals surface area contributed by atoms with Gasteiger partial charge in [0, 0.05) is 10.9 Å². The van der Waals surface area contributed by atoms with Crippen LogP contribution in [0.5, 0.6) is 0 Å². The second-order valence-electron chi connectivity index (χ2n) is 5.14. The summed E-state index contributed by atoms with van der Waals surface area (Å²) >= 11 is 12.2. The summed E-state index contributed by atoms with van der Waals surface area (Å²) in [6, 6.07) is 8.07. The summed E-state index contributed by atoms with van der Waals surface area (Å²) in [5.74, 6) is 2.06. The van der Waals surface area contributed by atoms with Crippen molar-refractivity contribution < 1.29 is 0 Å². The first kappa shape index (κ1) is 14.9. The molecule has 0 N–H and O–H groups in total. The van der Waals surface area contributed by atoms with E-state index in [4.69, 9.17) is 23.2 Å². The molecule has 1 aromatic carbocycles. The molecule has 0 aliphatic heterocycles. The van der Waals surface area contributed by atoms with Crippen molar-refractivity contribution in [1.29, 1.82) is 0 Å². The Labute approximate surface area is 115 Å². The molecule has 0 aliphatic carbocycles. The van der Waals surface area contributed by atoms with Crippen molar-refractivity contribution in [3.8, 4) is 0 Å². The van der Waals surface area contributed by atoms with Gasteiger partial charge in [-0.25, -0.2) is 0 Å². The van der Waals surface area contributed by atoms with Gasteiger partial charge in [-0.05, 0) is 36.3 Å². The van der Waals surface area contributed by atoms with Crippen molar-refractivity contribution in [3.63, 3.8) is 0 Å². The third-order valence-corrected chi connectivity index (χ3v) is 3.88. The van der Waals surface area contributed by atoms with Gasteiger partial charge in [-0.2, -0.15) is 0 Å². The van der Waals surface area contributed by atoms with E-state index >= 15 is 0 Å². The Hall–Kier alpha value is -0.200. The van der Waals surface area contributed by atoms with Crippen LogP contribution in [0.1, 0.15) is 38.7 Å². The summed E-state index contributed by atoms with van der Waals surface area (Å²) in [6.45, 7) is 4.54. The number of halogens is 2. The van der Waals surface area contributed by atoms with E-state index in [-0.39, 0.29) is 0 Å². The van der Waals surface area contributed by atoms with Crippen LogP contribution in [0, 0.1) is 11.8 Å². The molecule has 0 amide bonds. The van der Waals surface area contributed by atoms with E-state index in [0.29, 0.717) is 5.92 Å². The molecule has 0 heterocycles. The van der Waals surface area contributed by atoms with Gasteiger partial charge in [-0.1, -0.05) is 56.5 Å². The minimum absolute atomic E-state index is 0.551. The van der Waals surface area contributed by atoms with Crippen molar-refractivity contribution in [1.82, 2.24) is 0 Å². The van der Waals surface area contributed by atoms with Crippen molar-refractivity contribution in [2.75, 3.05) is 5.88 Å². The van der Waals surface area contributed by atoms with Crippen LogP contribution in [0.2, 0.25) is 5.02 Å². The molecule has 0 radical (unpaired) electrons. The predicted octanol–water partition coefficient (Wildman–Crippen LogP) is 5.56. The van der Waals surface area contributed by atoms with Crippen molar-refractivity contribution in [3.05, 3.63) is 34.9 Å². The third kappa shape index (κ3) is 5.79. The Morgan fingerprint density at radius 2 is 1.82 bits per heavy atom. The summed E-state index contributed by atoms with van der Waals surface area (Å²) < 4.78 is 0. The molecule has 2 heteroatoms. The smallest absolute Gasteiger partial charge is 0.0438 e. The average molecular weight is 273 g/mol. The van der Waals surface area contributed by atoms with E-state index in [1.165, 1.54) is 24.8 Å². The van der Waals surface area contributed by atoms with Gasteiger partial charge in [0.05, 0.1) is 0 Å². The maximum absolute atomic E-state index is 6.17. The maximum Gasteiger partial charge on any atom is 0.0438 e. The molecular weight excluding hydrogens is 251 g/mol. The molecular formula is C15H22Cl2. The van der Waals surface area contributed by atoms with Crippen LogP contribution in [-0.2, 0) is 6.42 Å². The Balaban J connectivity index is 2.44. The van der Waals surface area contributed by atoms with Gasteiger partial charge < -0.3 is 0 Å². The van der Waals surface area contributed by atoms with Crippen LogP contribution >= 0.6 is 23.2 Å². The van der Waals surface area contributed by atoms with Crippen LogP contribution in [0.3, 0.4) is 0 Å². The van der Waals surface area contributed by atoms with Gasteiger partial charge in [-0.15, -0.1) is 11.6 Å². The lowest BCUT2D eigenvalue weighted by molar-refractivity contribution is 0.459. The van der Waals surface area contributed by atoms with Gasteiger partial charge in [-0.3, -0.25) is 0 Å². The quantitative estimate of drug-likeness (QED) is 0.570. The number of benzene rings is 1. The fourth-order valence-corrected chi connectivity index (χ4v) is 2.50. The molecule has 0 spiro atoms. The summed E-state index contributed by atoms with van der Waals surface area (Å²) in [5.41, 5.74) is 1.23.